The van der Waals surface area contributed by atoms with Crippen LogP contribution >= 0.6 is 22.9 Å². The van der Waals surface area contributed by atoms with Gasteiger partial charge in [0.1, 0.15) is 0 Å². The van der Waals surface area contributed by atoms with Crippen molar-refractivity contribution in [1.82, 2.24) is 9.97 Å². The fraction of sp³-hybridized carbons (Fsp3) is 0.526. The van der Waals surface area contributed by atoms with E-state index in [0.29, 0.717) is 22.6 Å². The van der Waals surface area contributed by atoms with Crippen LogP contribution in [0.25, 0.3) is 10.6 Å². The van der Waals surface area contributed by atoms with Gasteiger partial charge in [0, 0.05) is 25.8 Å². The summed E-state index contributed by atoms with van der Waals surface area (Å²) in [5.74, 6) is -0.317. The number of thiophene rings is 1. The number of carboxylic acids is 1. The highest BCUT2D eigenvalue weighted by Gasteiger charge is 2.31. The topological polar surface area (TPSA) is 84.8 Å². The highest BCUT2D eigenvalue weighted by molar-refractivity contribution is 7.19. The van der Waals surface area contributed by atoms with Crippen LogP contribution in [-0.2, 0) is 9.53 Å². The van der Waals surface area contributed by atoms with E-state index in [9.17, 15) is 9.90 Å². The second kappa shape index (κ2) is 8.63. The summed E-state index contributed by atoms with van der Waals surface area (Å²) in [7, 11) is 0. The number of piperidine rings is 1. The summed E-state index contributed by atoms with van der Waals surface area (Å²) in [5.41, 5.74) is -0.747. The maximum absolute atomic E-state index is 11.5. The van der Waals surface area contributed by atoms with E-state index >= 15 is 0 Å². The molecule has 1 N–H and O–H groups in total. The smallest absolute Gasteiger partial charge is 0.347 e. The number of hydrogen-bond acceptors (Lipinski definition) is 7. The van der Waals surface area contributed by atoms with Crippen molar-refractivity contribution in [3.8, 4) is 16.5 Å². The van der Waals surface area contributed by atoms with Crippen molar-refractivity contribution in [2.24, 2.45) is 0 Å². The number of ether oxygens (including phenoxy) is 2. The molecule has 0 bridgehead atoms. The molecule has 2 aromatic heterocycles. The molecule has 1 aliphatic rings. The quantitative estimate of drug-likeness (QED) is 0.714. The van der Waals surface area contributed by atoms with Crippen molar-refractivity contribution in [1.29, 1.82) is 0 Å². The predicted molar refractivity (Wildman–Crippen MR) is 110 cm³/mol. The van der Waals surface area contributed by atoms with Crippen LogP contribution in [0, 0.1) is 0 Å². The highest BCUT2D eigenvalue weighted by Crippen LogP contribution is 2.33. The number of halogens is 1. The molecule has 1 fully saturated rings. The second-order valence-corrected chi connectivity index (χ2v) is 8.77. The van der Waals surface area contributed by atoms with Crippen molar-refractivity contribution in [3.63, 3.8) is 0 Å². The van der Waals surface area contributed by atoms with Gasteiger partial charge in [-0.05, 0) is 45.7 Å². The van der Waals surface area contributed by atoms with E-state index in [-0.39, 0.29) is 12.0 Å². The third kappa shape index (κ3) is 4.92. The van der Waals surface area contributed by atoms with E-state index in [2.05, 4.69) is 14.9 Å². The van der Waals surface area contributed by atoms with Gasteiger partial charge in [0.2, 0.25) is 17.4 Å². The molecule has 0 unspecified atom stereocenters. The zero-order chi connectivity index (χ0) is 20.3. The Morgan fingerprint density at radius 2 is 2.07 bits per heavy atom. The number of carboxylic acid groups (broad SMARTS) is 1. The van der Waals surface area contributed by atoms with Crippen LogP contribution in [0.4, 0.5) is 5.95 Å². The number of aliphatic carboxylic acids is 1. The summed E-state index contributed by atoms with van der Waals surface area (Å²) in [4.78, 5) is 23.6. The predicted octanol–water partition coefficient (Wildman–Crippen LogP) is 4.11. The van der Waals surface area contributed by atoms with Gasteiger partial charge in [-0.1, -0.05) is 11.6 Å². The lowest BCUT2D eigenvalue weighted by Gasteiger charge is -2.32. The minimum Gasteiger partial charge on any atom is -0.478 e. The molecule has 0 saturated carbocycles. The lowest BCUT2D eigenvalue weighted by molar-refractivity contribution is -0.152. The average molecular weight is 426 g/mol. The van der Waals surface area contributed by atoms with Gasteiger partial charge in [0.15, 0.2) is 0 Å². The van der Waals surface area contributed by atoms with Crippen molar-refractivity contribution < 1.29 is 19.4 Å². The molecule has 9 heteroatoms. The first-order valence-corrected chi connectivity index (χ1v) is 10.4. The van der Waals surface area contributed by atoms with Crippen LogP contribution in [0.5, 0.6) is 5.88 Å². The number of carbonyl (C=O) groups is 1. The number of aromatic nitrogens is 2. The molecular weight excluding hydrogens is 402 g/mol. The molecule has 0 radical (unpaired) electrons. The fourth-order valence-corrected chi connectivity index (χ4v) is 3.95. The Labute approximate surface area is 173 Å². The van der Waals surface area contributed by atoms with Gasteiger partial charge < -0.3 is 19.5 Å². The normalized spacial score (nSPS) is 15.6. The molecule has 3 rings (SSSR count). The van der Waals surface area contributed by atoms with Gasteiger partial charge in [-0.2, -0.15) is 4.98 Å². The molecule has 0 atom stereocenters. The highest BCUT2D eigenvalue weighted by atomic mass is 35.5. The fourth-order valence-electron chi connectivity index (χ4n) is 2.95. The summed E-state index contributed by atoms with van der Waals surface area (Å²) in [6.45, 7) is 7.22. The van der Waals surface area contributed by atoms with Crippen LogP contribution in [0.15, 0.2) is 18.2 Å². The summed E-state index contributed by atoms with van der Waals surface area (Å²) < 4.78 is 12.1. The van der Waals surface area contributed by atoms with Crippen LogP contribution in [0.1, 0.15) is 33.6 Å². The van der Waals surface area contributed by atoms with E-state index in [4.69, 9.17) is 21.1 Å². The Morgan fingerprint density at radius 1 is 1.36 bits per heavy atom. The van der Waals surface area contributed by atoms with Gasteiger partial charge in [-0.25, -0.2) is 9.78 Å². The molecule has 0 aliphatic carbocycles. The first kappa shape index (κ1) is 20.8. The molecule has 7 nitrogen and oxygen atoms in total. The van der Waals surface area contributed by atoms with E-state index < -0.39 is 11.6 Å². The Kier molecular flexibility index (Phi) is 6.42. The molecule has 1 aliphatic heterocycles. The number of nitrogens with zero attached hydrogens (tertiary/aromatic N) is 3. The molecule has 0 amide bonds. The molecule has 3 heterocycles. The lowest BCUT2D eigenvalue weighted by Crippen LogP contribution is -2.39. The van der Waals surface area contributed by atoms with Gasteiger partial charge >= 0.3 is 5.97 Å². The third-order valence-corrected chi connectivity index (χ3v) is 5.77. The maximum Gasteiger partial charge on any atom is 0.347 e. The monoisotopic (exact) mass is 425 g/mol. The third-order valence-electron chi connectivity index (χ3n) is 4.52. The van der Waals surface area contributed by atoms with Crippen molar-refractivity contribution in [2.75, 3.05) is 24.6 Å². The molecule has 0 spiro atoms. The minimum absolute atomic E-state index is 0.226. The molecule has 152 valence electrons. The molecular formula is C19H24ClN3O4S. The number of hydrogen-bond donors (Lipinski definition) is 1. The van der Waals surface area contributed by atoms with Gasteiger partial charge in [0.25, 0.3) is 0 Å². The standard InChI is InChI=1S/C19H24ClN3O4S/c1-4-26-12-7-9-23(10-8-12)18-21-13(14-5-6-15(20)28-14)11-16(22-18)27-19(2,3)17(24)25/h5-6,11-12H,4,7-10H2,1-3H3,(H,24,25). The summed E-state index contributed by atoms with van der Waals surface area (Å²) in [6, 6.07) is 5.34. The SMILES string of the molecule is CCOC1CCN(c2nc(OC(C)(C)C(=O)O)cc(-c3ccc(Cl)s3)n2)CC1. The Bertz CT molecular complexity index is 834. The minimum atomic E-state index is -1.40. The van der Waals surface area contributed by atoms with Crippen LogP contribution in [-0.4, -0.2) is 52.4 Å². The van der Waals surface area contributed by atoms with Crippen LogP contribution < -0.4 is 9.64 Å². The number of rotatable bonds is 7. The van der Waals surface area contributed by atoms with E-state index in [1.54, 1.807) is 12.1 Å². The zero-order valence-electron chi connectivity index (χ0n) is 16.1. The Balaban J connectivity index is 1.90. The Morgan fingerprint density at radius 3 is 2.64 bits per heavy atom. The lowest BCUT2D eigenvalue weighted by atomic mass is 10.1. The Hall–Kier alpha value is -1.90. The van der Waals surface area contributed by atoms with Crippen molar-refractivity contribution >= 4 is 34.9 Å². The van der Waals surface area contributed by atoms with Gasteiger partial charge in [-0.3, -0.25) is 0 Å². The molecule has 1 saturated heterocycles. The first-order chi connectivity index (χ1) is 13.3. The molecule has 0 aromatic carbocycles. The van der Waals surface area contributed by atoms with Gasteiger partial charge in [0.05, 0.1) is 21.0 Å². The van der Waals surface area contributed by atoms with Gasteiger partial charge in [-0.15, -0.1) is 11.3 Å². The zero-order valence-corrected chi connectivity index (χ0v) is 17.7. The summed E-state index contributed by atoms with van der Waals surface area (Å²) in [5, 5.41) is 9.38. The van der Waals surface area contributed by atoms with Crippen molar-refractivity contribution in [3.05, 3.63) is 22.5 Å². The summed E-state index contributed by atoms with van der Waals surface area (Å²) in [6.07, 6.45) is 2.04. The van der Waals surface area contributed by atoms with E-state index in [0.717, 1.165) is 30.8 Å². The largest absolute Gasteiger partial charge is 0.478 e. The average Bonchev–Trinajstić information content (AvgIpc) is 3.08. The first-order valence-electron chi connectivity index (χ1n) is 9.22. The number of anilines is 1. The van der Waals surface area contributed by atoms with Crippen LogP contribution in [0.3, 0.4) is 0 Å². The summed E-state index contributed by atoms with van der Waals surface area (Å²) >= 11 is 7.48. The van der Waals surface area contributed by atoms with E-state index in [1.165, 1.54) is 25.2 Å². The molecule has 28 heavy (non-hydrogen) atoms. The van der Waals surface area contributed by atoms with E-state index in [1.807, 2.05) is 13.0 Å². The maximum atomic E-state index is 11.5. The van der Waals surface area contributed by atoms with Crippen LogP contribution in [0.2, 0.25) is 4.34 Å². The second-order valence-electron chi connectivity index (χ2n) is 7.05. The van der Waals surface area contributed by atoms with Crippen molar-refractivity contribution in [2.45, 2.75) is 45.3 Å². The molecule has 2 aromatic rings.